The first-order valence-corrected chi connectivity index (χ1v) is 12.8. The second-order valence-corrected chi connectivity index (χ2v) is 10.6. The van der Waals surface area contributed by atoms with Gasteiger partial charge >= 0.3 is 0 Å². The lowest BCUT2D eigenvalue weighted by molar-refractivity contribution is 0.299. The fourth-order valence-electron chi connectivity index (χ4n) is 5.55. The van der Waals surface area contributed by atoms with Crippen LogP contribution >= 0.6 is 24.2 Å². The van der Waals surface area contributed by atoms with Crippen molar-refractivity contribution in [2.24, 2.45) is 13.0 Å². The van der Waals surface area contributed by atoms with E-state index in [0.717, 1.165) is 51.4 Å². The normalized spacial score (nSPS) is 21.4. The summed E-state index contributed by atoms with van der Waals surface area (Å²) in [6.07, 6.45) is 2.54. The summed E-state index contributed by atoms with van der Waals surface area (Å²) < 4.78 is 2.12. The number of hydrogen-bond acceptors (Lipinski definition) is 5. The molecule has 2 atom stereocenters. The highest BCUT2D eigenvalue weighted by molar-refractivity contribution is 7.99. The number of likely N-dealkylation sites (tertiary alicyclic amines) is 1. The molecule has 2 aliphatic rings. The molecule has 1 unspecified atom stereocenters. The Bertz CT molecular complexity index is 1310. The van der Waals surface area contributed by atoms with Gasteiger partial charge in [-0.2, -0.15) is 0 Å². The van der Waals surface area contributed by atoms with Crippen molar-refractivity contribution in [3.8, 4) is 11.4 Å². The molecule has 7 heteroatoms. The molecule has 1 aliphatic heterocycles. The Morgan fingerprint density at radius 1 is 1.03 bits per heavy atom. The van der Waals surface area contributed by atoms with Crippen molar-refractivity contribution in [3.05, 3.63) is 71.9 Å². The summed E-state index contributed by atoms with van der Waals surface area (Å²) in [4.78, 5) is 7.32. The van der Waals surface area contributed by atoms with E-state index in [1.165, 1.54) is 31.5 Å². The highest BCUT2D eigenvalue weighted by atomic mass is 35.5. The van der Waals surface area contributed by atoms with Crippen molar-refractivity contribution < 1.29 is 0 Å². The molecular weight excluding hydrogens is 462 g/mol. The van der Waals surface area contributed by atoms with Gasteiger partial charge in [-0.3, -0.25) is 4.98 Å². The van der Waals surface area contributed by atoms with Gasteiger partial charge in [0, 0.05) is 47.9 Å². The van der Waals surface area contributed by atoms with Gasteiger partial charge in [0.05, 0.1) is 5.52 Å². The van der Waals surface area contributed by atoms with Gasteiger partial charge in [-0.1, -0.05) is 60.3 Å². The Balaban J connectivity index is 0.00000241. The molecule has 1 saturated heterocycles. The number of piperidine rings is 1. The fraction of sp³-hybridized carbons (Fsp3) is 0.370. The molecule has 3 heterocycles. The predicted octanol–water partition coefficient (Wildman–Crippen LogP) is 5.52. The van der Waals surface area contributed by atoms with E-state index in [1.54, 1.807) is 0 Å². The van der Waals surface area contributed by atoms with Crippen LogP contribution in [0.4, 0.5) is 0 Å². The molecular formula is C27H30ClN5S. The average Bonchev–Trinajstić information content (AvgIpc) is 3.22. The molecule has 4 aromatic rings. The fourth-order valence-corrected chi connectivity index (χ4v) is 6.39. The maximum absolute atomic E-state index is 4.66. The topological polar surface area (TPSA) is 46.8 Å². The van der Waals surface area contributed by atoms with Crippen LogP contribution in [-0.2, 0) is 12.5 Å². The highest BCUT2D eigenvalue weighted by Gasteiger charge is 2.60. The SMILES string of the molecule is Cc1ccc2c(-c3nnc(SCCCN4C[C@H]5CC5(c5ccccc5)C4)n3C)cccc2n1.Cl. The maximum Gasteiger partial charge on any atom is 0.191 e. The molecule has 0 radical (unpaired) electrons. The van der Waals surface area contributed by atoms with Gasteiger partial charge in [-0.15, -0.1) is 22.6 Å². The van der Waals surface area contributed by atoms with Crippen LogP contribution in [0.3, 0.4) is 0 Å². The molecule has 176 valence electrons. The zero-order valence-electron chi connectivity index (χ0n) is 19.6. The molecule has 0 amide bonds. The molecule has 2 aromatic heterocycles. The van der Waals surface area contributed by atoms with Gasteiger partial charge in [0.15, 0.2) is 11.0 Å². The summed E-state index contributed by atoms with van der Waals surface area (Å²) >= 11 is 1.81. The number of nitrogens with zero attached hydrogens (tertiary/aromatic N) is 5. The first-order chi connectivity index (χ1) is 16.1. The minimum absolute atomic E-state index is 0. The van der Waals surface area contributed by atoms with E-state index in [9.17, 15) is 0 Å². The van der Waals surface area contributed by atoms with Gasteiger partial charge in [-0.25, -0.2) is 0 Å². The molecule has 1 saturated carbocycles. The third-order valence-electron chi connectivity index (χ3n) is 7.36. The molecule has 0 N–H and O–H groups in total. The first-order valence-electron chi connectivity index (χ1n) is 11.8. The lowest BCUT2D eigenvalue weighted by Gasteiger charge is -2.20. The Morgan fingerprint density at radius 3 is 2.74 bits per heavy atom. The summed E-state index contributed by atoms with van der Waals surface area (Å²) in [5.41, 5.74) is 5.10. The summed E-state index contributed by atoms with van der Waals surface area (Å²) in [5, 5.41) is 11.1. The van der Waals surface area contributed by atoms with E-state index >= 15 is 0 Å². The molecule has 0 bridgehead atoms. The van der Waals surface area contributed by atoms with Gasteiger partial charge in [0.2, 0.25) is 0 Å². The first kappa shape index (κ1) is 23.3. The number of benzene rings is 2. The second kappa shape index (κ2) is 9.33. The van der Waals surface area contributed by atoms with Crippen LogP contribution in [0.25, 0.3) is 22.3 Å². The van der Waals surface area contributed by atoms with Gasteiger partial charge < -0.3 is 9.47 Å². The van der Waals surface area contributed by atoms with Crippen LogP contribution in [0.5, 0.6) is 0 Å². The van der Waals surface area contributed by atoms with E-state index in [1.807, 2.05) is 18.7 Å². The number of hydrogen-bond donors (Lipinski definition) is 0. The summed E-state index contributed by atoms with van der Waals surface area (Å²) in [7, 11) is 2.07. The van der Waals surface area contributed by atoms with Crippen molar-refractivity contribution >= 4 is 35.1 Å². The number of rotatable bonds is 7. The molecule has 5 nitrogen and oxygen atoms in total. The average molecular weight is 492 g/mol. The third-order valence-corrected chi connectivity index (χ3v) is 8.47. The molecule has 2 fully saturated rings. The third kappa shape index (κ3) is 4.12. The van der Waals surface area contributed by atoms with E-state index < -0.39 is 0 Å². The monoisotopic (exact) mass is 491 g/mol. The van der Waals surface area contributed by atoms with Crippen molar-refractivity contribution in [1.82, 2.24) is 24.6 Å². The lowest BCUT2D eigenvalue weighted by atomic mass is 9.95. The summed E-state index contributed by atoms with van der Waals surface area (Å²) in [5.74, 6) is 2.81. The summed E-state index contributed by atoms with van der Waals surface area (Å²) in [6.45, 7) is 5.66. The van der Waals surface area contributed by atoms with Crippen molar-refractivity contribution in [2.45, 2.75) is 30.3 Å². The van der Waals surface area contributed by atoms with Crippen LogP contribution < -0.4 is 0 Å². The van der Waals surface area contributed by atoms with Crippen molar-refractivity contribution in [3.63, 3.8) is 0 Å². The summed E-state index contributed by atoms with van der Waals surface area (Å²) in [6, 6.07) is 21.5. The minimum Gasteiger partial charge on any atom is -0.305 e. The van der Waals surface area contributed by atoms with E-state index in [-0.39, 0.29) is 12.4 Å². The van der Waals surface area contributed by atoms with Crippen LogP contribution in [0, 0.1) is 12.8 Å². The number of thioether (sulfide) groups is 1. The zero-order chi connectivity index (χ0) is 22.4. The highest BCUT2D eigenvalue weighted by Crippen LogP contribution is 2.58. The van der Waals surface area contributed by atoms with Crippen LogP contribution in [0.1, 0.15) is 24.1 Å². The maximum atomic E-state index is 4.66. The van der Waals surface area contributed by atoms with Crippen LogP contribution in [0.15, 0.2) is 65.8 Å². The minimum atomic E-state index is 0. The Labute approximate surface area is 211 Å². The number of fused-ring (bicyclic) bond motifs is 2. The van der Waals surface area contributed by atoms with E-state index in [0.29, 0.717) is 5.41 Å². The Hall–Kier alpha value is -2.41. The molecule has 6 rings (SSSR count). The smallest absolute Gasteiger partial charge is 0.191 e. The standard InChI is InChI=1S/C27H29N5S.ClH/c1-19-12-13-22-23(10-6-11-24(22)28-19)25-29-30-26(31(25)2)33-15-7-14-32-17-21-16-27(21,18-32)20-8-4-3-5-9-20;/h3-6,8-13,21H,7,14-18H2,1-2H3;1H/t21-,27?;/m1./s1. The quantitative estimate of drug-likeness (QED) is 0.252. The van der Waals surface area contributed by atoms with E-state index in [4.69, 9.17) is 0 Å². The predicted molar refractivity (Wildman–Crippen MR) is 142 cm³/mol. The second-order valence-electron chi connectivity index (χ2n) is 9.55. The van der Waals surface area contributed by atoms with Crippen LogP contribution in [0.2, 0.25) is 0 Å². The van der Waals surface area contributed by atoms with Crippen molar-refractivity contribution in [2.75, 3.05) is 25.4 Å². The molecule has 1 aliphatic carbocycles. The Morgan fingerprint density at radius 2 is 1.88 bits per heavy atom. The number of pyridine rings is 1. The molecule has 0 spiro atoms. The Kier molecular flexibility index (Phi) is 6.40. The number of halogens is 1. The molecule has 2 aromatic carbocycles. The van der Waals surface area contributed by atoms with Gasteiger partial charge in [0.1, 0.15) is 0 Å². The van der Waals surface area contributed by atoms with Gasteiger partial charge in [0.25, 0.3) is 0 Å². The largest absolute Gasteiger partial charge is 0.305 e. The molecule has 34 heavy (non-hydrogen) atoms. The lowest BCUT2D eigenvalue weighted by Crippen LogP contribution is -2.27. The van der Waals surface area contributed by atoms with Crippen molar-refractivity contribution in [1.29, 1.82) is 0 Å². The van der Waals surface area contributed by atoms with E-state index in [2.05, 4.69) is 92.4 Å². The van der Waals surface area contributed by atoms with Crippen LogP contribution in [-0.4, -0.2) is 50.0 Å². The van der Waals surface area contributed by atoms with Gasteiger partial charge in [-0.05, 0) is 49.9 Å². The number of aromatic nitrogens is 4. The number of aryl methyl sites for hydroxylation is 1. The zero-order valence-corrected chi connectivity index (χ0v) is 21.3.